The number of hydrogen-bond donors (Lipinski definition) is 1. The van der Waals surface area contributed by atoms with Crippen LogP contribution in [0, 0.1) is 13.8 Å². The summed E-state index contributed by atoms with van der Waals surface area (Å²) in [6, 6.07) is 8.87. The first-order chi connectivity index (χ1) is 14.5. The van der Waals surface area contributed by atoms with Gasteiger partial charge in [-0.1, -0.05) is 12.1 Å². The van der Waals surface area contributed by atoms with Gasteiger partial charge in [0.25, 0.3) is 0 Å². The average Bonchev–Trinajstić information content (AvgIpc) is 3.42. The zero-order valence-corrected chi connectivity index (χ0v) is 18.5. The standard InChI is InChI=1S/C22H27N5O2S/c1-15-4-5-17-11-19(30-20(17)10-15)13-27(12-18-14-28-16(2)23-18)21-24-22(29-25-21)6-8-26(3)9-7-22/h4-5,10-11,14H,6-9,12-13H2,1-3H3,(H,24,25). The van der Waals surface area contributed by atoms with Crippen LogP contribution in [0.1, 0.15) is 34.9 Å². The highest BCUT2D eigenvalue weighted by molar-refractivity contribution is 7.19. The van der Waals surface area contributed by atoms with Crippen molar-refractivity contribution in [2.75, 3.05) is 20.1 Å². The fourth-order valence-corrected chi connectivity index (χ4v) is 5.22. The molecule has 0 aliphatic carbocycles. The Labute approximate surface area is 180 Å². The smallest absolute Gasteiger partial charge is 0.222 e. The van der Waals surface area contributed by atoms with Gasteiger partial charge in [-0.3, -0.25) is 0 Å². The van der Waals surface area contributed by atoms with Gasteiger partial charge in [-0.25, -0.2) is 20.3 Å². The zero-order valence-electron chi connectivity index (χ0n) is 17.6. The first-order valence-corrected chi connectivity index (χ1v) is 11.2. The van der Waals surface area contributed by atoms with Crippen molar-refractivity contribution in [2.45, 2.75) is 45.5 Å². The molecule has 5 rings (SSSR count). The minimum atomic E-state index is -0.461. The maximum Gasteiger partial charge on any atom is 0.222 e. The van der Waals surface area contributed by atoms with Gasteiger partial charge in [0.1, 0.15) is 6.26 Å². The number of aliphatic imine (C=N–C) groups is 1. The second kappa shape index (κ2) is 7.68. The lowest BCUT2D eigenvalue weighted by molar-refractivity contribution is -0.0875. The van der Waals surface area contributed by atoms with Gasteiger partial charge in [0.15, 0.2) is 11.6 Å². The Kier molecular flexibility index (Phi) is 5.00. The quantitative estimate of drug-likeness (QED) is 0.686. The first-order valence-electron chi connectivity index (χ1n) is 10.4. The van der Waals surface area contributed by atoms with Crippen molar-refractivity contribution in [1.82, 2.24) is 20.3 Å². The van der Waals surface area contributed by atoms with Gasteiger partial charge in [-0.05, 0) is 37.1 Å². The van der Waals surface area contributed by atoms with E-state index >= 15 is 0 Å². The Bertz CT molecular complexity index is 1080. The summed E-state index contributed by atoms with van der Waals surface area (Å²) in [5, 5.41) is 1.28. The summed E-state index contributed by atoms with van der Waals surface area (Å²) in [4.78, 5) is 21.3. The van der Waals surface area contributed by atoms with Crippen molar-refractivity contribution < 1.29 is 9.25 Å². The lowest BCUT2D eigenvalue weighted by Crippen LogP contribution is -2.43. The molecule has 1 saturated heterocycles. The Morgan fingerprint density at radius 1 is 1.20 bits per heavy atom. The molecular weight excluding hydrogens is 398 g/mol. The van der Waals surface area contributed by atoms with E-state index in [2.05, 4.69) is 58.5 Å². The molecule has 2 aromatic heterocycles. The van der Waals surface area contributed by atoms with Crippen molar-refractivity contribution in [3.63, 3.8) is 0 Å². The predicted octanol–water partition coefficient (Wildman–Crippen LogP) is 3.82. The molecule has 0 bridgehead atoms. The van der Waals surface area contributed by atoms with Crippen LogP contribution in [-0.2, 0) is 17.9 Å². The minimum Gasteiger partial charge on any atom is -0.449 e. The van der Waals surface area contributed by atoms with Gasteiger partial charge in [0.2, 0.25) is 5.96 Å². The summed E-state index contributed by atoms with van der Waals surface area (Å²) in [6.07, 6.45) is 3.50. The number of aryl methyl sites for hydroxylation is 2. The highest BCUT2D eigenvalue weighted by atomic mass is 32.1. The third-order valence-electron chi connectivity index (χ3n) is 5.80. The summed E-state index contributed by atoms with van der Waals surface area (Å²) in [7, 11) is 2.14. The van der Waals surface area contributed by atoms with Crippen molar-refractivity contribution in [2.24, 2.45) is 4.99 Å². The molecule has 0 radical (unpaired) electrons. The molecule has 1 N–H and O–H groups in total. The number of aromatic nitrogens is 1. The topological polar surface area (TPSA) is 66.1 Å². The van der Waals surface area contributed by atoms with E-state index in [9.17, 15) is 0 Å². The van der Waals surface area contributed by atoms with Gasteiger partial charge in [0, 0.05) is 42.4 Å². The van der Waals surface area contributed by atoms with E-state index in [0.29, 0.717) is 12.4 Å². The molecule has 0 unspecified atom stereocenters. The van der Waals surface area contributed by atoms with Crippen LogP contribution in [0.5, 0.6) is 0 Å². The van der Waals surface area contributed by atoms with Gasteiger partial charge in [-0.15, -0.1) is 11.3 Å². The van der Waals surface area contributed by atoms with Crippen molar-refractivity contribution in [3.8, 4) is 0 Å². The molecular formula is C22H27N5O2S. The number of thiophene rings is 1. The van der Waals surface area contributed by atoms with E-state index < -0.39 is 5.72 Å². The predicted molar refractivity (Wildman–Crippen MR) is 118 cm³/mol. The molecule has 0 saturated carbocycles. The number of fused-ring (bicyclic) bond motifs is 1. The molecule has 1 fully saturated rings. The number of likely N-dealkylation sites (tertiary alicyclic amines) is 1. The van der Waals surface area contributed by atoms with Crippen LogP contribution in [0.3, 0.4) is 0 Å². The SMILES string of the molecule is Cc1ccc2cc(CN(Cc3coc(C)n3)C3=NC4(CCN(C)CC4)ON3)sc2c1. The third kappa shape index (κ3) is 3.95. The molecule has 2 aliphatic rings. The highest BCUT2D eigenvalue weighted by Crippen LogP contribution is 2.32. The molecule has 1 aromatic carbocycles. The summed E-state index contributed by atoms with van der Waals surface area (Å²) >= 11 is 1.83. The van der Waals surface area contributed by atoms with Crippen molar-refractivity contribution >= 4 is 27.4 Å². The average molecular weight is 426 g/mol. The lowest BCUT2D eigenvalue weighted by Gasteiger charge is -2.33. The van der Waals surface area contributed by atoms with Crippen LogP contribution in [0.4, 0.5) is 0 Å². The van der Waals surface area contributed by atoms with Gasteiger partial charge in [0.05, 0.1) is 18.8 Å². The Morgan fingerprint density at radius 3 is 2.80 bits per heavy atom. The number of hydroxylamine groups is 1. The summed E-state index contributed by atoms with van der Waals surface area (Å²) in [5.41, 5.74) is 4.83. The zero-order chi connectivity index (χ0) is 20.7. The summed E-state index contributed by atoms with van der Waals surface area (Å²) < 4.78 is 6.74. The number of hydrogen-bond acceptors (Lipinski definition) is 8. The number of guanidine groups is 1. The fraction of sp³-hybridized carbons (Fsp3) is 0.455. The number of oxazole rings is 1. The van der Waals surface area contributed by atoms with Crippen LogP contribution >= 0.6 is 11.3 Å². The highest BCUT2D eigenvalue weighted by Gasteiger charge is 2.40. The maximum atomic E-state index is 6.02. The molecule has 2 aliphatic heterocycles. The van der Waals surface area contributed by atoms with E-state index in [1.807, 2.05) is 18.3 Å². The maximum absolute atomic E-state index is 6.02. The van der Waals surface area contributed by atoms with Crippen LogP contribution in [0.2, 0.25) is 0 Å². The molecule has 7 nitrogen and oxygen atoms in total. The second-order valence-electron chi connectivity index (χ2n) is 8.36. The molecule has 158 valence electrons. The van der Waals surface area contributed by atoms with E-state index in [1.165, 1.54) is 20.5 Å². The molecule has 0 amide bonds. The summed E-state index contributed by atoms with van der Waals surface area (Å²) in [5.74, 6) is 1.44. The van der Waals surface area contributed by atoms with Gasteiger partial charge < -0.3 is 14.2 Å². The minimum absolute atomic E-state index is 0.461. The molecule has 1 spiro atoms. The van der Waals surface area contributed by atoms with Gasteiger partial charge in [-0.2, -0.15) is 0 Å². The number of benzene rings is 1. The number of nitrogens with one attached hydrogen (secondary N) is 1. The number of piperidine rings is 1. The Balaban J connectivity index is 1.42. The number of nitrogens with zero attached hydrogens (tertiary/aromatic N) is 4. The monoisotopic (exact) mass is 425 g/mol. The van der Waals surface area contributed by atoms with Crippen LogP contribution in [0.25, 0.3) is 10.1 Å². The molecule has 0 atom stereocenters. The van der Waals surface area contributed by atoms with Crippen LogP contribution in [-0.4, -0.2) is 46.6 Å². The third-order valence-corrected chi connectivity index (χ3v) is 6.89. The Morgan fingerprint density at radius 2 is 2.03 bits per heavy atom. The molecule has 3 aromatic rings. The van der Waals surface area contributed by atoms with Gasteiger partial charge >= 0.3 is 0 Å². The van der Waals surface area contributed by atoms with Crippen LogP contribution in [0.15, 0.2) is 39.9 Å². The first kappa shape index (κ1) is 19.5. The van der Waals surface area contributed by atoms with E-state index in [0.717, 1.165) is 44.1 Å². The largest absolute Gasteiger partial charge is 0.449 e. The van der Waals surface area contributed by atoms with Crippen LogP contribution < -0.4 is 5.48 Å². The van der Waals surface area contributed by atoms with E-state index in [-0.39, 0.29) is 0 Å². The molecule has 8 heteroatoms. The van der Waals surface area contributed by atoms with Crippen molar-refractivity contribution in [3.05, 3.63) is 52.6 Å². The molecule has 4 heterocycles. The van der Waals surface area contributed by atoms with Crippen molar-refractivity contribution in [1.29, 1.82) is 0 Å². The van der Waals surface area contributed by atoms with E-state index in [4.69, 9.17) is 14.2 Å². The number of rotatable bonds is 4. The normalized spacial score (nSPS) is 18.7. The molecule has 30 heavy (non-hydrogen) atoms. The fourth-order valence-electron chi connectivity index (χ4n) is 4.04. The van der Waals surface area contributed by atoms with E-state index in [1.54, 1.807) is 6.26 Å². The second-order valence-corrected chi connectivity index (χ2v) is 9.53. The lowest BCUT2D eigenvalue weighted by atomic mass is 10.0. The Hall–Kier alpha value is -2.42. The summed E-state index contributed by atoms with van der Waals surface area (Å²) in [6.45, 7) is 7.30.